The number of benzene rings is 1. The molecular weight excluding hydrogens is 320 g/mol. The Labute approximate surface area is 135 Å². The van der Waals surface area contributed by atoms with Crippen LogP contribution in [-0.4, -0.2) is 37.7 Å². The molecule has 23 heavy (non-hydrogen) atoms. The fourth-order valence-corrected chi connectivity index (χ4v) is 2.49. The first-order valence-electron chi connectivity index (χ1n) is 6.87. The zero-order valence-corrected chi connectivity index (χ0v) is 13.8. The van der Waals surface area contributed by atoms with Crippen LogP contribution in [0, 0.1) is 6.92 Å². The van der Waals surface area contributed by atoms with Crippen LogP contribution in [0.5, 0.6) is 0 Å². The van der Waals surface area contributed by atoms with Crippen molar-refractivity contribution in [2.75, 3.05) is 11.0 Å². The van der Waals surface area contributed by atoms with E-state index in [2.05, 4.69) is 16.6 Å². The molecule has 126 valence electrons. The fourth-order valence-electron chi connectivity index (χ4n) is 1.91. The topological polar surface area (TPSA) is 113 Å². The highest BCUT2D eigenvalue weighted by Crippen LogP contribution is 2.19. The summed E-state index contributed by atoms with van der Waals surface area (Å²) in [4.78, 5) is 23.5. The number of sulfonamides is 1. The van der Waals surface area contributed by atoms with Crippen LogP contribution in [0.1, 0.15) is 28.8 Å². The summed E-state index contributed by atoms with van der Waals surface area (Å²) in [7, 11) is -3.56. The van der Waals surface area contributed by atoms with E-state index in [4.69, 9.17) is 5.11 Å². The highest BCUT2D eigenvalue weighted by Gasteiger charge is 2.22. The molecule has 1 amide bonds. The van der Waals surface area contributed by atoms with E-state index < -0.39 is 27.9 Å². The van der Waals surface area contributed by atoms with Crippen LogP contribution >= 0.6 is 0 Å². The second-order valence-corrected chi connectivity index (χ2v) is 6.90. The second-order valence-electron chi connectivity index (χ2n) is 5.15. The van der Waals surface area contributed by atoms with Crippen molar-refractivity contribution < 1.29 is 23.1 Å². The number of hydrogen-bond acceptors (Lipinski definition) is 4. The number of hydrogen-bond donors (Lipinski definition) is 3. The van der Waals surface area contributed by atoms with Crippen molar-refractivity contribution in [3.8, 4) is 0 Å². The van der Waals surface area contributed by atoms with E-state index in [0.29, 0.717) is 6.42 Å². The Hall–Kier alpha value is -2.35. The smallest absolute Gasteiger partial charge is 0.326 e. The first kappa shape index (κ1) is 18.7. The fraction of sp³-hybridized carbons (Fsp3) is 0.333. The summed E-state index contributed by atoms with van der Waals surface area (Å²) < 4.78 is 25.0. The van der Waals surface area contributed by atoms with E-state index in [1.54, 1.807) is 19.1 Å². The predicted octanol–water partition coefficient (Wildman–Crippen LogP) is 1.52. The predicted molar refractivity (Wildman–Crippen MR) is 88.0 cm³/mol. The van der Waals surface area contributed by atoms with Gasteiger partial charge in [-0.2, -0.15) is 0 Å². The van der Waals surface area contributed by atoms with Gasteiger partial charge in [0, 0.05) is 0 Å². The molecule has 0 saturated carbocycles. The summed E-state index contributed by atoms with van der Waals surface area (Å²) in [5.41, 5.74) is 0.913. The molecule has 0 bridgehead atoms. The minimum atomic E-state index is -3.56. The van der Waals surface area contributed by atoms with Gasteiger partial charge in [-0.05, 0) is 31.9 Å². The Morgan fingerprint density at radius 3 is 2.57 bits per heavy atom. The van der Waals surface area contributed by atoms with Crippen LogP contribution in [0.4, 0.5) is 5.69 Å². The van der Waals surface area contributed by atoms with Crippen LogP contribution in [0.25, 0.3) is 0 Å². The van der Waals surface area contributed by atoms with Crippen molar-refractivity contribution in [2.45, 2.75) is 25.8 Å². The van der Waals surface area contributed by atoms with Gasteiger partial charge in [-0.3, -0.25) is 9.52 Å². The van der Waals surface area contributed by atoms with Crippen LogP contribution in [0.3, 0.4) is 0 Å². The van der Waals surface area contributed by atoms with Crippen LogP contribution in [-0.2, 0) is 14.8 Å². The Morgan fingerprint density at radius 1 is 1.39 bits per heavy atom. The van der Waals surface area contributed by atoms with Crippen molar-refractivity contribution in [3.63, 3.8) is 0 Å². The molecule has 0 radical (unpaired) electrons. The first-order chi connectivity index (χ1) is 10.6. The molecule has 0 aromatic heterocycles. The van der Waals surface area contributed by atoms with Gasteiger partial charge in [0.1, 0.15) is 6.04 Å². The first-order valence-corrected chi connectivity index (χ1v) is 8.76. The molecule has 1 rings (SSSR count). The van der Waals surface area contributed by atoms with Gasteiger partial charge in [0.05, 0.1) is 17.5 Å². The van der Waals surface area contributed by atoms with Crippen molar-refractivity contribution in [2.24, 2.45) is 0 Å². The zero-order chi connectivity index (χ0) is 17.6. The summed E-state index contributed by atoms with van der Waals surface area (Å²) in [5, 5.41) is 11.5. The molecule has 1 unspecified atom stereocenters. The molecule has 0 spiro atoms. The third-order valence-corrected chi connectivity index (χ3v) is 3.57. The minimum Gasteiger partial charge on any atom is -0.480 e. The number of carbonyl (C=O) groups is 2. The van der Waals surface area contributed by atoms with Crippen LogP contribution in [0.2, 0.25) is 0 Å². The summed E-state index contributed by atoms with van der Waals surface area (Å²) in [6.45, 7) is 5.26. The largest absolute Gasteiger partial charge is 0.480 e. The van der Waals surface area contributed by atoms with Crippen molar-refractivity contribution >= 4 is 27.6 Å². The lowest BCUT2D eigenvalue weighted by molar-refractivity contribution is -0.139. The second kappa shape index (κ2) is 7.77. The van der Waals surface area contributed by atoms with Crippen LogP contribution < -0.4 is 10.0 Å². The number of anilines is 1. The SMILES string of the molecule is C=CCCC(NC(=O)c1cc(C)ccc1NS(C)(=O)=O)C(=O)O. The maximum Gasteiger partial charge on any atom is 0.326 e. The third-order valence-electron chi connectivity index (χ3n) is 2.98. The number of carbonyl (C=O) groups excluding carboxylic acids is 1. The van der Waals surface area contributed by atoms with E-state index in [-0.39, 0.29) is 17.7 Å². The molecular formula is C15H20N2O5S. The summed E-state index contributed by atoms with van der Waals surface area (Å²) in [6, 6.07) is 3.53. The van der Waals surface area contributed by atoms with Gasteiger partial charge in [-0.15, -0.1) is 6.58 Å². The summed E-state index contributed by atoms with van der Waals surface area (Å²) in [5.74, 6) is -1.82. The van der Waals surface area contributed by atoms with E-state index >= 15 is 0 Å². The third kappa shape index (κ3) is 6.11. The molecule has 1 aromatic carbocycles. The van der Waals surface area contributed by atoms with E-state index in [1.165, 1.54) is 12.1 Å². The molecule has 1 atom stereocenters. The van der Waals surface area contributed by atoms with Crippen molar-refractivity contribution in [1.82, 2.24) is 5.32 Å². The molecule has 0 heterocycles. The number of rotatable bonds is 8. The van der Waals surface area contributed by atoms with Crippen LogP contribution in [0.15, 0.2) is 30.9 Å². The lowest BCUT2D eigenvalue weighted by atomic mass is 10.1. The number of aryl methyl sites for hydroxylation is 1. The van der Waals surface area contributed by atoms with Gasteiger partial charge < -0.3 is 10.4 Å². The molecule has 7 nitrogen and oxygen atoms in total. The number of carboxylic acid groups (broad SMARTS) is 1. The number of aliphatic carboxylic acids is 1. The van der Waals surface area contributed by atoms with Gasteiger partial charge in [-0.25, -0.2) is 13.2 Å². The molecule has 3 N–H and O–H groups in total. The average molecular weight is 340 g/mol. The average Bonchev–Trinajstić information content (AvgIpc) is 2.43. The van der Waals surface area contributed by atoms with Gasteiger partial charge in [0.2, 0.25) is 10.0 Å². The molecule has 0 aliphatic rings. The molecule has 1 aromatic rings. The van der Waals surface area contributed by atoms with Gasteiger partial charge in [0.15, 0.2) is 0 Å². The monoisotopic (exact) mass is 340 g/mol. The van der Waals surface area contributed by atoms with Gasteiger partial charge >= 0.3 is 5.97 Å². The normalized spacial score (nSPS) is 12.3. The molecule has 0 aliphatic carbocycles. The van der Waals surface area contributed by atoms with E-state index in [0.717, 1.165) is 11.8 Å². The Balaban J connectivity index is 3.08. The summed E-state index contributed by atoms with van der Waals surface area (Å²) >= 11 is 0. The van der Waals surface area contributed by atoms with E-state index in [9.17, 15) is 18.0 Å². The Kier molecular flexibility index (Phi) is 6.32. The van der Waals surface area contributed by atoms with Crippen molar-refractivity contribution in [3.05, 3.63) is 42.0 Å². The minimum absolute atomic E-state index is 0.0697. The summed E-state index contributed by atoms with van der Waals surface area (Å²) in [6.07, 6.45) is 3.16. The number of amides is 1. The Bertz CT molecular complexity index is 713. The van der Waals surface area contributed by atoms with Crippen molar-refractivity contribution in [1.29, 1.82) is 0 Å². The highest BCUT2D eigenvalue weighted by atomic mass is 32.2. The number of nitrogens with one attached hydrogen (secondary N) is 2. The number of allylic oxidation sites excluding steroid dienone is 1. The van der Waals surface area contributed by atoms with Gasteiger partial charge in [0.25, 0.3) is 5.91 Å². The molecule has 0 fully saturated rings. The maximum atomic E-state index is 12.3. The zero-order valence-electron chi connectivity index (χ0n) is 13.0. The lowest BCUT2D eigenvalue weighted by Crippen LogP contribution is -2.41. The highest BCUT2D eigenvalue weighted by molar-refractivity contribution is 7.92. The Morgan fingerprint density at radius 2 is 2.04 bits per heavy atom. The van der Waals surface area contributed by atoms with Gasteiger partial charge in [-0.1, -0.05) is 17.7 Å². The maximum absolute atomic E-state index is 12.3. The molecule has 8 heteroatoms. The quantitative estimate of drug-likeness (QED) is 0.621. The lowest BCUT2D eigenvalue weighted by Gasteiger charge is -2.16. The van der Waals surface area contributed by atoms with E-state index in [1.807, 2.05) is 0 Å². The standard InChI is InChI=1S/C15H20N2O5S/c1-4-5-6-13(15(19)20)16-14(18)11-9-10(2)7-8-12(11)17-23(3,21)22/h4,7-9,13,17H,1,5-6H2,2-3H3,(H,16,18)(H,19,20). The molecule has 0 saturated heterocycles. The number of carboxylic acids is 1. The molecule has 0 aliphatic heterocycles.